The molecule has 0 aliphatic heterocycles. The first kappa shape index (κ1) is 28.6. The molecule has 2 aromatic heterocycles. The average molecular weight is 641 g/mol. The van der Waals surface area contributed by atoms with Crippen molar-refractivity contribution >= 4 is 32.6 Å². The van der Waals surface area contributed by atoms with Crippen LogP contribution in [0.3, 0.4) is 0 Å². The lowest BCUT2D eigenvalue weighted by atomic mass is 9.82. The van der Waals surface area contributed by atoms with Crippen LogP contribution in [-0.4, -0.2) is 19.5 Å². The van der Waals surface area contributed by atoms with E-state index in [2.05, 4.69) is 140 Å². The fraction of sp³-hybridized carbons (Fsp3) is 0.0652. The van der Waals surface area contributed by atoms with Gasteiger partial charge in [-0.3, -0.25) is 0 Å². The molecule has 0 radical (unpaired) electrons. The van der Waals surface area contributed by atoms with E-state index in [1.807, 2.05) is 36.4 Å². The van der Waals surface area contributed by atoms with Crippen LogP contribution in [0.5, 0.6) is 0 Å². The zero-order valence-electron chi connectivity index (χ0n) is 27.8. The largest absolute Gasteiger partial charge is 0.309 e. The molecule has 0 bridgehead atoms. The van der Waals surface area contributed by atoms with E-state index < -0.39 is 0 Å². The van der Waals surface area contributed by atoms with Gasteiger partial charge in [0.15, 0.2) is 17.5 Å². The normalized spacial score (nSPS) is 13.2. The van der Waals surface area contributed by atoms with E-state index in [1.165, 1.54) is 44.1 Å². The average Bonchev–Trinajstić information content (AvgIpc) is 3.62. The third kappa shape index (κ3) is 4.21. The Morgan fingerprint density at radius 2 is 1.04 bits per heavy atom. The summed E-state index contributed by atoms with van der Waals surface area (Å²) in [6, 6.07) is 55.9. The maximum Gasteiger partial charge on any atom is 0.164 e. The van der Waals surface area contributed by atoms with E-state index in [0.717, 1.165) is 33.2 Å². The summed E-state index contributed by atoms with van der Waals surface area (Å²) in [4.78, 5) is 15.3. The van der Waals surface area contributed by atoms with Crippen LogP contribution < -0.4 is 0 Å². The molecule has 4 nitrogen and oxygen atoms in total. The Hall–Kier alpha value is -6.39. The van der Waals surface area contributed by atoms with Gasteiger partial charge in [0.05, 0.1) is 16.7 Å². The lowest BCUT2D eigenvalue weighted by Gasteiger charge is -2.22. The Morgan fingerprint density at radius 3 is 1.78 bits per heavy atom. The lowest BCUT2D eigenvalue weighted by Crippen LogP contribution is -2.15. The molecule has 9 aromatic rings. The Kier molecular flexibility index (Phi) is 6.19. The van der Waals surface area contributed by atoms with Crippen LogP contribution >= 0.6 is 0 Å². The zero-order valence-corrected chi connectivity index (χ0v) is 27.8. The van der Waals surface area contributed by atoms with E-state index in [-0.39, 0.29) is 5.41 Å². The molecule has 2 heterocycles. The van der Waals surface area contributed by atoms with Crippen molar-refractivity contribution in [2.45, 2.75) is 19.3 Å². The lowest BCUT2D eigenvalue weighted by molar-refractivity contribution is 0.661. The fourth-order valence-electron chi connectivity index (χ4n) is 8.05. The molecule has 0 saturated heterocycles. The minimum atomic E-state index is -0.113. The molecule has 7 aromatic carbocycles. The van der Waals surface area contributed by atoms with Crippen LogP contribution in [0.25, 0.3) is 83.6 Å². The molecule has 0 saturated carbocycles. The summed E-state index contributed by atoms with van der Waals surface area (Å²) in [6.45, 7) is 4.70. The van der Waals surface area contributed by atoms with Gasteiger partial charge in [-0.05, 0) is 51.9 Å². The number of nitrogens with zero attached hydrogens (tertiary/aromatic N) is 4. The summed E-state index contributed by atoms with van der Waals surface area (Å²) in [5, 5.41) is 4.71. The number of rotatable bonds is 4. The van der Waals surface area contributed by atoms with Gasteiger partial charge >= 0.3 is 0 Å². The predicted molar refractivity (Wildman–Crippen MR) is 206 cm³/mol. The highest BCUT2D eigenvalue weighted by Crippen LogP contribution is 2.51. The molecule has 236 valence electrons. The maximum atomic E-state index is 5.15. The molecule has 10 rings (SSSR count). The molecular formula is C46H32N4. The second kappa shape index (κ2) is 10.8. The Bertz CT molecular complexity index is 2710. The minimum Gasteiger partial charge on any atom is -0.309 e. The summed E-state index contributed by atoms with van der Waals surface area (Å²) < 4.78 is 2.45. The number of benzene rings is 7. The number of hydrogen-bond donors (Lipinski definition) is 0. The van der Waals surface area contributed by atoms with Gasteiger partial charge in [0.1, 0.15) is 0 Å². The summed E-state index contributed by atoms with van der Waals surface area (Å²) >= 11 is 0. The Balaban J connectivity index is 1.28. The van der Waals surface area contributed by atoms with Gasteiger partial charge in [-0.15, -0.1) is 0 Å². The van der Waals surface area contributed by atoms with Gasteiger partial charge in [-0.25, -0.2) is 15.0 Å². The summed E-state index contributed by atoms with van der Waals surface area (Å²) in [5.74, 6) is 1.95. The van der Waals surface area contributed by atoms with E-state index in [4.69, 9.17) is 15.0 Å². The standard InChI is InChI=1S/C46H32N4/c1-46(2)37-24-11-9-21-32(37)35-27-36-33-22-10-12-25-39(33)50(41(36)28-38(35)46)40-26-14-20-29-19-13-23-34(42(29)40)45-48-43(30-15-5-3-6-16-30)47-44(49-45)31-17-7-4-8-18-31/h3-28H,1-2H3. The second-order valence-electron chi connectivity index (χ2n) is 13.7. The van der Waals surface area contributed by atoms with Crippen molar-refractivity contribution < 1.29 is 0 Å². The topological polar surface area (TPSA) is 43.6 Å². The number of aromatic nitrogens is 4. The van der Waals surface area contributed by atoms with E-state index in [0.29, 0.717) is 17.5 Å². The molecule has 0 amide bonds. The third-order valence-corrected chi connectivity index (χ3v) is 10.4. The molecule has 0 unspecified atom stereocenters. The molecule has 1 aliphatic rings. The summed E-state index contributed by atoms with van der Waals surface area (Å²) in [7, 11) is 0. The van der Waals surface area contributed by atoms with Gasteiger partial charge in [0.25, 0.3) is 0 Å². The number of hydrogen-bond acceptors (Lipinski definition) is 3. The van der Waals surface area contributed by atoms with Gasteiger partial charge in [0.2, 0.25) is 0 Å². The first-order valence-corrected chi connectivity index (χ1v) is 17.1. The predicted octanol–water partition coefficient (Wildman–Crippen LogP) is 11.4. The van der Waals surface area contributed by atoms with Crippen LogP contribution in [0.1, 0.15) is 25.0 Å². The SMILES string of the molecule is CC1(C)c2ccccc2-c2cc3c4ccccc4n(-c4cccc5cccc(-c6nc(-c7ccccc7)nc(-c7ccccc7)n6)c45)c3cc21. The van der Waals surface area contributed by atoms with Gasteiger partial charge < -0.3 is 4.57 Å². The van der Waals surface area contributed by atoms with Crippen molar-refractivity contribution in [3.8, 4) is 51.0 Å². The third-order valence-electron chi connectivity index (χ3n) is 10.4. The Labute approximate surface area is 290 Å². The van der Waals surface area contributed by atoms with Gasteiger partial charge in [-0.2, -0.15) is 0 Å². The van der Waals surface area contributed by atoms with Crippen molar-refractivity contribution in [2.24, 2.45) is 0 Å². The minimum absolute atomic E-state index is 0.113. The monoisotopic (exact) mass is 640 g/mol. The van der Waals surface area contributed by atoms with Crippen LogP contribution in [0.4, 0.5) is 0 Å². The summed E-state index contributed by atoms with van der Waals surface area (Å²) in [6.07, 6.45) is 0. The highest BCUT2D eigenvalue weighted by atomic mass is 15.0. The summed E-state index contributed by atoms with van der Waals surface area (Å²) in [5.41, 5.74) is 11.6. The van der Waals surface area contributed by atoms with Crippen LogP contribution in [0.15, 0.2) is 158 Å². The molecule has 0 spiro atoms. The second-order valence-corrected chi connectivity index (χ2v) is 13.7. The van der Waals surface area contributed by atoms with Crippen molar-refractivity contribution in [1.82, 2.24) is 19.5 Å². The number of fused-ring (bicyclic) bond motifs is 7. The quantitative estimate of drug-likeness (QED) is 0.192. The first-order chi connectivity index (χ1) is 24.6. The smallest absolute Gasteiger partial charge is 0.164 e. The van der Waals surface area contributed by atoms with Gasteiger partial charge in [0, 0.05) is 38.3 Å². The van der Waals surface area contributed by atoms with Crippen molar-refractivity contribution in [2.75, 3.05) is 0 Å². The first-order valence-electron chi connectivity index (χ1n) is 17.1. The van der Waals surface area contributed by atoms with Crippen molar-refractivity contribution in [3.05, 3.63) is 169 Å². The number of para-hydroxylation sites is 1. The molecule has 0 N–H and O–H groups in total. The van der Waals surface area contributed by atoms with Crippen molar-refractivity contribution in [1.29, 1.82) is 0 Å². The molecule has 4 heteroatoms. The molecular weight excluding hydrogens is 609 g/mol. The van der Waals surface area contributed by atoms with Crippen molar-refractivity contribution in [3.63, 3.8) is 0 Å². The van der Waals surface area contributed by atoms with E-state index in [1.54, 1.807) is 0 Å². The molecule has 0 fully saturated rings. The molecule has 50 heavy (non-hydrogen) atoms. The van der Waals surface area contributed by atoms with E-state index >= 15 is 0 Å². The van der Waals surface area contributed by atoms with Crippen LogP contribution in [0, 0.1) is 0 Å². The zero-order chi connectivity index (χ0) is 33.4. The van der Waals surface area contributed by atoms with Crippen LogP contribution in [-0.2, 0) is 5.41 Å². The maximum absolute atomic E-state index is 5.15. The van der Waals surface area contributed by atoms with Gasteiger partial charge in [-0.1, -0.05) is 147 Å². The molecule has 1 aliphatic carbocycles. The van der Waals surface area contributed by atoms with E-state index in [9.17, 15) is 0 Å². The van der Waals surface area contributed by atoms with Crippen LogP contribution in [0.2, 0.25) is 0 Å². The molecule has 0 atom stereocenters. The Morgan fingerprint density at radius 1 is 0.440 bits per heavy atom. The fourth-order valence-corrected chi connectivity index (χ4v) is 8.05. The highest BCUT2D eigenvalue weighted by molar-refractivity contribution is 6.13. The highest BCUT2D eigenvalue weighted by Gasteiger charge is 2.36.